The third kappa shape index (κ3) is 3.56. The van der Waals surface area contributed by atoms with Crippen LogP contribution in [0.25, 0.3) is 22.3 Å². The molecule has 2 fully saturated rings. The summed E-state index contributed by atoms with van der Waals surface area (Å²) in [5.74, 6) is 1.30. The second-order valence-corrected chi connectivity index (χ2v) is 8.67. The van der Waals surface area contributed by atoms with Crippen molar-refractivity contribution in [1.82, 2.24) is 24.9 Å². The van der Waals surface area contributed by atoms with E-state index in [9.17, 15) is 0 Å². The van der Waals surface area contributed by atoms with Crippen molar-refractivity contribution < 1.29 is 9.47 Å². The van der Waals surface area contributed by atoms with E-state index in [0.717, 1.165) is 53.1 Å². The van der Waals surface area contributed by atoms with E-state index < -0.39 is 0 Å². The van der Waals surface area contributed by atoms with Crippen LogP contribution in [0.1, 0.15) is 48.8 Å². The van der Waals surface area contributed by atoms with E-state index in [1.54, 1.807) is 7.11 Å². The standard InChI is InChI=1S/C23H29N5O2/c1-15-6-9-18(20(11-15)30-14-29-3)22-21(16-7-8-16)19-12-24-28(23(19)26-25-22)17-5-4-10-27(2)13-17/h6,9,11-12,16-17H,4-5,7-8,10,13-14H2,1-3H3. The summed E-state index contributed by atoms with van der Waals surface area (Å²) in [4.78, 5) is 2.37. The van der Waals surface area contributed by atoms with Crippen molar-refractivity contribution in [3.8, 4) is 17.0 Å². The summed E-state index contributed by atoms with van der Waals surface area (Å²) < 4.78 is 13.1. The Morgan fingerprint density at radius 3 is 2.80 bits per heavy atom. The van der Waals surface area contributed by atoms with E-state index in [0.29, 0.717) is 12.0 Å². The number of methoxy groups -OCH3 is 1. The topological polar surface area (TPSA) is 65.3 Å². The fourth-order valence-electron chi connectivity index (χ4n) is 4.58. The highest BCUT2D eigenvalue weighted by Gasteiger charge is 2.32. The Morgan fingerprint density at radius 1 is 1.17 bits per heavy atom. The van der Waals surface area contributed by atoms with Crippen LogP contribution in [0.15, 0.2) is 24.4 Å². The van der Waals surface area contributed by atoms with E-state index in [1.807, 2.05) is 12.3 Å². The van der Waals surface area contributed by atoms with Gasteiger partial charge in [-0.25, -0.2) is 4.68 Å². The van der Waals surface area contributed by atoms with Crippen molar-refractivity contribution >= 4 is 11.0 Å². The van der Waals surface area contributed by atoms with E-state index in [4.69, 9.17) is 19.7 Å². The van der Waals surface area contributed by atoms with E-state index >= 15 is 0 Å². The molecular formula is C23H29N5O2. The fourth-order valence-corrected chi connectivity index (χ4v) is 4.58. The minimum absolute atomic E-state index is 0.206. The molecule has 1 aliphatic carbocycles. The van der Waals surface area contributed by atoms with Gasteiger partial charge in [0.05, 0.1) is 12.2 Å². The first-order valence-corrected chi connectivity index (χ1v) is 10.8. The van der Waals surface area contributed by atoms with Crippen molar-refractivity contribution in [1.29, 1.82) is 0 Å². The lowest BCUT2D eigenvalue weighted by atomic mass is 9.99. The molecule has 7 nitrogen and oxygen atoms in total. The number of benzene rings is 1. The Morgan fingerprint density at radius 2 is 2.03 bits per heavy atom. The minimum atomic E-state index is 0.206. The second-order valence-electron chi connectivity index (χ2n) is 8.67. The molecule has 1 saturated heterocycles. The molecule has 3 heterocycles. The predicted octanol–water partition coefficient (Wildman–Crippen LogP) is 3.93. The number of hydrogen-bond donors (Lipinski definition) is 0. The molecule has 2 aliphatic rings. The third-order valence-corrected chi connectivity index (χ3v) is 6.21. The van der Waals surface area contributed by atoms with Gasteiger partial charge in [0.15, 0.2) is 12.4 Å². The van der Waals surface area contributed by atoms with Crippen LogP contribution >= 0.6 is 0 Å². The average molecular weight is 408 g/mol. The largest absolute Gasteiger partial charge is 0.467 e. The molecule has 1 aromatic carbocycles. The monoisotopic (exact) mass is 407 g/mol. The molecule has 1 unspecified atom stereocenters. The lowest BCUT2D eigenvalue weighted by Gasteiger charge is -2.29. The van der Waals surface area contributed by atoms with Gasteiger partial charge in [0, 0.05) is 24.6 Å². The van der Waals surface area contributed by atoms with Gasteiger partial charge in [-0.2, -0.15) is 5.10 Å². The van der Waals surface area contributed by atoms with Crippen LogP contribution < -0.4 is 4.74 Å². The number of piperidine rings is 1. The number of nitrogens with zero attached hydrogens (tertiary/aromatic N) is 5. The molecule has 1 saturated carbocycles. The van der Waals surface area contributed by atoms with Crippen LogP contribution in [0.5, 0.6) is 5.75 Å². The van der Waals surface area contributed by atoms with Gasteiger partial charge >= 0.3 is 0 Å². The zero-order chi connectivity index (χ0) is 20.7. The second kappa shape index (κ2) is 7.96. The lowest BCUT2D eigenvalue weighted by molar-refractivity contribution is 0.0515. The molecule has 1 aliphatic heterocycles. The minimum Gasteiger partial charge on any atom is -0.467 e. The van der Waals surface area contributed by atoms with Gasteiger partial charge in [0.1, 0.15) is 11.4 Å². The number of hydrogen-bond acceptors (Lipinski definition) is 6. The molecule has 0 radical (unpaired) electrons. The van der Waals surface area contributed by atoms with Gasteiger partial charge in [-0.15, -0.1) is 10.2 Å². The number of ether oxygens (including phenoxy) is 2. The maximum atomic E-state index is 5.88. The summed E-state index contributed by atoms with van der Waals surface area (Å²) in [6.07, 6.45) is 6.69. The first-order valence-electron chi connectivity index (χ1n) is 10.8. The predicted molar refractivity (Wildman–Crippen MR) is 116 cm³/mol. The van der Waals surface area contributed by atoms with Gasteiger partial charge < -0.3 is 14.4 Å². The van der Waals surface area contributed by atoms with Gasteiger partial charge in [-0.05, 0) is 75.4 Å². The number of aryl methyl sites for hydroxylation is 1. The lowest BCUT2D eigenvalue weighted by Crippen LogP contribution is -2.34. The van der Waals surface area contributed by atoms with Crippen molar-refractivity contribution in [2.75, 3.05) is 34.0 Å². The third-order valence-electron chi connectivity index (χ3n) is 6.21. The van der Waals surface area contributed by atoms with E-state index in [2.05, 4.69) is 40.8 Å². The molecule has 3 aromatic rings. The number of likely N-dealkylation sites (tertiary alicyclic amines) is 1. The van der Waals surface area contributed by atoms with E-state index in [1.165, 1.54) is 24.8 Å². The first-order chi connectivity index (χ1) is 14.7. The van der Waals surface area contributed by atoms with Gasteiger partial charge in [-0.3, -0.25) is 0 Å². The molecule has 158 valence electrons. The molecule has 5 rings (SSSR count). The van der Waals surface area contributed by atoms with Gasteiger partial charge in [0.2, 0.25) is 0 Å². The quantitative estimate of drug-likeness (QED) is 0.577. The number of aromatic nitrogens is 4. The van der Waals surface area contributed by atoms with Crippen molar-refractivity contribution in [3.05, 3.63) is 35.5 Å². The molecule has 0 spiro atoms. The summed E-state index contributed by atoms with van der Waals surface area (Å²) in [5, 5.41) is 15.3. The van der Waals surface area contributed by atoms with Crippen LogP contribution in [-0.4, -0.2) is 58.9 Å². The SMILES string of the molecule is COCOc1cc(C)ccc1-c1nnc2c(cnn2C2CCCN(C)C2)c1C1CC1. The van der Waals surface area contributed by atoms with Crippen molar-refractivity contribution in [2.45, 2.75) is 44.6 Å². The Hall–Kier alpha value is -2.51. The summed E-state index contributed by atoms with van der Waals surface area (Å²) in [6, 6.07) is 6.58. The Labute approximate surface area is 177 Å². The normalized spacial score (nSPS) is 20.0. The molecular weight excluding hydrogens is 378 g/mol. The number of rotatable bonds is 6. The van der Waals surface area contributed by atoms with Crippen molar-refractivity contribution in [2.24, 2.45) is 0 Å². The molecule has 0 N–H and O–H groups in total. The highest BCUT2D eigenvalue weighted by atomic mass is 16.7. The molecule has 2 aromatic heterocycles. The number of likely N-dealkylation sites (N-methyl/N-ethyl adjacent to an activating group) is 1. The average Bonchev–Trinajstić information content (AvgIpc) is 3.49. The fraction of sp³-hybridized carbons (Fsp3) is 0.522. The highest BCUT2D eigenvalue weighted by molar-refractivity contribution is 5.87. The van der Waals surface area contributed by atoms with Crippen LogP contribution in [0, 0.1) is 6.92 Å². The maximum absolute atomic E-state index is 5.88. The summed E-state index contributed by atoms with van der Waals surface area (Å²) in [5.41, 5.74) is 5.20. The van der Waals surface area contributed by atoms with Gasteiger partial charge in [0.25, 0.3) is 0 Å². The van der Waals surface area contributed by atoms with Crippen LogP contribution in [0.4, 0.5) is 0 Å². The van der Waals surface area contributed by atoms with Crippen LogP contribution in [0.3, 0.4) is 0 Å². The van der Waals surface area contributed by atoms with E-state index in [-0.39, 0.29) is 6.79 Å². The number of fused-ring (bicyclic) bond motifs is 1. The van der Waals surface area contributed by atoms with Crippen molar-refractivity contribution in [3.63, 3.8) is 0 Å². The zero-order valence-electron chi connectivity index (χ0n) is 18.0. The molecule has 0 amide bonds. The van der Waals surface area contributed by atoms with Gasteiger partial charge in [-0.1, -0.05) is 6.07 Å². The molecule has 30 heavy (non-hydrogen) atoms. The summed E-state index contributed by atoms with van der Waals surface area (Å²) >= 11 is 0. The summed E-state index contributed by atoms with van der Waals surface area (Å²) in [7, 11) is 3.81. The Kier molecular flexibility index (Phi) is 5.16. The smallest absolute Gasteiger partial charge is 0.188 e. The van der Waals surface area contributed by atoms with Crippen LogP contribution in [-0.2, 0) is 4.74 Å². The Balaban J connectivity index is 1.62. The molecule has 1 atom stereocenters. The Bertz CT molecular complexity index is 1060. The summed E-state index contributed by atoms with van der Waals surface area (Å²) in [6.45, 7) is 4.42. The van der Waals surface area contributed by atoms with Crippen LogP contribution in [0.2, 0.25) is 0 Å². The molecule has 0 bridgehead atoms. The highest BCUT2D eigenvalue weighted by Crippen LogP contribution is 2.48. The molecule has 7 heteroatoms. The maximum Gasteiger partial charge on any atom is 0.188 e. The zero-order valence-corrected chi connectivity index (χ0v) is 18.0. The first kappa shape index (κ1) is 19.5.